The Morgan fingerprint density at radius 3 is 2.71 bits per heavy atom. The first-order valence-corrected chi connectivity index (χ1v) is 5.40. The molecule has 2 fully saturated rings. The number of hydrogen-bond acceptors (Lipinski definition) is 2. The van der Waals surface area contributed by atoms with E-state index in [1.54, 1.807) is 4.90 Å². The minimum atomic E-state index is -0.0473. The van der Waals surface area contributed by atoms with Crippen LogP contribution in [-0.2, 0) is 4.74 Å². The molecule has 4 heteroatoms. The van der Waals surface area contributed by atoms with Crippen LogP contribution in [0.5, 0.6) is 0 Å². The van der Waals surface area contributed by atoms with E-state index in [4.69, 9.17) is 4.74 Å². The second-order valence-electron chi connectivity index (χ2n) is 4.00. The van der Waals surface area contributed by atoms with Gasteiger partial charge in [-0.3, -0.25) is 0 Å². The molecule has 1 aliphatic heterocycles. The van der Waals surface area contributed by atoms with Crippen LogP contribution in [0.1, 0.15) is 19.3 Å². The number of amides is 2. The summed E-state index contributed by atoms with van der Waals surface area (Å²) in [5.41, 5.74) is 0. The standard InChI is InChI=1S/C10H17N2O2/c13-10(11-4-3-9-1-2-9)12-5-7-14-8-6-12/h9H,1-8H2. The highest BCUT2D eigenvalue weighted by Crippen LogP contribution is 2.31. The maximum Gasteiger partial charge on any atom is 0.339 e. The van der Waals surface area contributed by atoms with Gasteiger partial charge in [-0.05, 0) is 12.3 Å². The topological polar surface area (TPSA) is 43.6 Å². The molecule has 1 aliphatic carbocycles. The largest absolute Gasteiger partial charge is 0.378 e. The van der Waals surface area contributed by atoms with Crippen LogP contribution < -0.4 is 5.32 Å². The fraction of sp³-hybridized carbons (Fsp3) is 0.900. The lowest BCUT2D eigenvalue weighted by molar-refractivity contribution is 0.0530. The van der Waals surface area contributed by atoms with E-state index in [0.717, 1.165) is 12.3 Å². The molecule has 0 aromatic carbocycles. The third-order valence-electron chi connectivity index (χ3n) is 2.76. The Balaban J connectivity index is 1.60. The van der Waals surface area contributed by atoms with Gasteiger partial charge in [-0.25, -0.2) is 10.1 Å². The Bertz CT molecular complexity index is 198. The number of carbonyl (C=O) groups excluding carboxylic acids is 1. The number of urea groups is 1. The lowest BCUT2D eigenvalue weighted by atomic mass is 10.3. The van der Waals surface area contributed by atoms with Crippen molar-refractivity contribution >= 4 is 6.03 Å². The molecule has 79 valence electrons. The van der Waals surface area contributed by atoms with E-state index in [0.29, 0.717) is 32.8 Å². The molecule has 2 aliphatic rings. The van der Waals surface area contributed by atoms with Crippen molar-refractivity contribution in [2.75, 3.05) is 32.8 Å². The fourth-order valence-electron chi connectivity index (χ4n) is 1.60. The van der Waals surface area contributed by atoms with Crippen LogP contribution in [0.15, 0.2) is 0 Å². The first-order valence-electron chi connectivity index (χ1n) is 5.40. The third kappa shape index (κ3) is 2.87. The van der Waals surface area contributed by atoms with Gasteiger partial charge in [0.15, 0.2) is 0 Å². The number of hydrogen-bond donors (Lipinski definition) is 0. The van der Waals surface area contributed by atoms with Crippen molar-refractivity contribution in [1.82, 2.24) is 10.2 Å². The van der Waals surface area contributed by atoms with Gasteiger partial charge in [-0.1, -0.05) is 12.8 Å². The highest BCUT2D eigenvalue weighted by molar-refractivity contribution is 5.73. The molecule has 0 unspecified atom stereocenters. The molecule has 4 nitrogen and oxygen atoms in total. The molecular formula is C10H17N2O2. The van der Waals surface area contributed by atoms with Gasteiger partial charge in [0, 0.05) is 19.6 Å². The van der Waals surface area contributed by atoms with Crippen molar-refractivity contribution in [3.05, 3.63) is 0 Å². The first kappa shape index (κ1) is 9.77. The number of rotatable bonds is 3. The second kappa shape index (κ2) is 4.64. The van der Waals surface area contributed by atoms with Crippen LogP contribution in [0.3, 0.4) is 0 Å². The van der Waals surface area contributed by atoms with Crippen LogP contribution in [-0.4, -0.2) is 43.8 Å². The maximum atomic E-state index is 11.5. The summed E-state index contributed by atoms with van der Waals surface area (Å²) in [4.78, 5) is 13.3. The molecule has 0 bridgehead atoms. The third-order valence-corrected chi connectivity index (χ3v) is 2.76. The Kier molecular flexibility index (Phi) is 3.24. The molecule has 1 heterocycles. The van der Waals surface area contributed by atoms with Gasteiger partial charge in [0.2, 0.25) is 0 Å². The van der Waals surface area contributed by atoms with Crippen LogP contribution in [0, 0.1) is 5.92 Å². The molecule has 2 amide bonds. The van der Waals surface area contributed by atoms with Gasteiger partial charge in [-0.15, -0.1) is 0 Å². The van der Waals surface area contributed by atoms with Gasteiger partial charge < -0.3 is 9.64 Å². The predicted octanol–water partition coefficient (Wildman–Crippen LogP) is 0.843. The molecule has 0 N–H and O–H groups in total. The molecule has 0 atom stereocenters. The summed E-state index contributed by atoms with van der Waals surface area (Å²) in [7, 11) is 0. The molecular weight excluding hydrogens is 180 g/mol. The molecule has 1 saturated carbocycles. The summed E-state index contributed by atoms with van der Waals surface area (Å²) in [6, 6.07) is -0.0473. The monoisotopic (exact) mass is 197 g/mol. The SMILES string of the molecule is O=C([N]CCC1CC1)N1CCOCC1. The summed E-state index contributed by atoms with van der Waals surface area (Å²) in [6.45, 7) is 3.42. The van der Waals surface area contributed by atoms with Gasteiger partial charge in [0.25, 0.3) is 0 Å². The molecule has 0 spiro atoms. The zero-order chi connectivity index (χ0) is 9.80. The van der Waals surface area contributed by atoms with Crippen LogP contribution in [0.2, 0.25) is 0 Å². The maximum absolute atomic E-state index is 11.5. The Labute approximate surface area is 84.6 Å². The van der Waals surface area contributed by atoms with Crippen molar-refractivity contribution in [1.29, 1.82) is 0 Å². The number of carbonyl (C=O) groups is 1. The highest BCUT2D eigenvalue weighted by atomic mass is 16.5. The van der Waals surface area contributed by atoms with Crippen molar-refractivity contribution < 1.29 is 9.53 Å². The van der Waals surface area contributed by atoms with E-state index in [-0.39, 0.29) is 6.03 Å². The summed E-state index contributed by atoms with van der Waals surface area (Å²) in [6.07, 6.45) is 3.76. The Morgan fingerprint density at radius 1 is 1.36 bits per heavy atom. The number of ether oxygens (including phenoxy) is 1. The average molecular weight is 197 g/mol. The smallest absolute Gasteiger partial charge is 0.339 e. The van der Waals surface area contributed by atoms with Crippen molar-refractivity contribution in [3.63, 3.8) is 0 Å². The molecule has 14 heavy (non-hydrogen) atoms. The molecule has 2 rings (SSSR count). The van der Waals surface area contributed by atoms with Gasteiger partial charge in [0.1, 0.15) is 0 Å². The van der Waals surface area contributed by atoms with Crippen molar-refractivity contribution in [2.24, 2.45) is 5.92 Å². The second-order valence-corrected chi connectivity index (χ2v) is 4.00. The van der Waals surface area contributed by atoms with Crippen LogP contribution in [0.4, 0.5) is 4.79 Å². The fourth-order valence-corrected chi connectivity index (χ4v) is 1.60. The summed E-state index contributed by atoms with van der Waals surface area (Å²) >= 11 is 0. The van der Waals surface area contributed by atoms with E-state index in [1.165, 1.54) is 12.8 Å². The van der Waals surface area contributed by atoms with Crippen molar-refractivity contribution in [2.45, 2.75) is 19.3 Å². The van der Waals surface area contributed by atoms with Crippen LogP contribution >= 0.6 is 0 Å². The zero-order valence-corrected chi connectivity index (χ0v) is 8.45. The first-order chi connectivity index (χ1) is 6.86. The van der Waals surface area contributed by atoms with E-state index >= 15 is 0 Å². The normalized spacial score (nSPS) is 22.1. The Morgan fingerprint density at radius 2 is 2.07 bits per heavy atom. The Hall–Kier alpha value is -0.770. The minimum absolute atomic E-state index is 0.0473. The molecule has 0 aromatic heterocycles. The average Bonchev–Trinajstić information content (AvgIpc) is 3.03. The molecule has 0 aromatic rings. The number of nitrogens with zero attached hydrogens (tertiary/aromatic N) is 2. The van der Waals surface area contributed by atoms with Crippen molar-refractivity contribution in [3.8, 4) is 0 Å². The van der Waals surface area contributed by atoms with Gasteiger partial charge in [0.05, 0.1) is 13.2 Å². The van der Waals surface area contributed by atoms with Gasteiger partial charge >= 0.3 is 6.03 Å². The molecule has 1 radical (unpaired) electrons. The van der Waals surface area contributed by atoms with Crippen LogP contribution in [0.25, 0.3) is 0 Å². The van der Waals surface area contributed by atoms with E-state index in [2.05, 4.69) is 5.32 Å². The molecule has 1 saturated heterocycles. The zero-order valence-electron chi connectivity index (χ0n) is 8.45. The summed E-state index contributed by atoms with van der Waals surface area (Å²) in [5.74, 6) is 0.858. The predicted molar refractivity (Wildman–Crippen MR) is 52.1 cm³/mol. The van der Waals surface area contributed by atoms with E-state index in [9.17, 15) is 4.79 Å². The lowest BCUT2D eigenvalue weighted by Crippen LogP contribution is -2.43. The van der Waals surface area contributed by atoms with E-state index < -0.39 is 0 Å². The number of morpholine rings is 1. The summed E-state index contributed by atoms with van der Waals surface area (Å²) < 4.78 is 5.17. The quantitative estimate of drug-likeness (QED) is 0.673. The minimum Gasteiger partial charge on any atom is -0.378 e. The highest BCUT2D eigenvalue weighted by Gasteiger charge is 2.22. The summed E-state index contributed by atoms with van der Waals surface area (Å²) in [5, 5.41) is 4.06. The van der Waals surface area contributed by atoms with Gasteiger partial charge in [-0.2, -0.15) is 0 Å². The van der Waals surface area contributed by atoms with E-state index in [1.807, 2.05) is 0 Å². The lowest BCUT2D eigenvalue weighted by Gasteiger charge is -2.25.